The molecule has 0 saturated heterocycles. The molecule has 0 radical (unpaired) electrons. The average Bonchev–Trinajstić information content (AvgIpc) is 3.86. The fourth-order valence-corrected chi connectivity index (χ4v) is 7.77. The number of para-hydroxylation sites is 1. The van der Waals surface area contributed by atoms with E-state index in [2.05, 4.69) is 32.8 Å². The Kier molecular flexibility index (Phi) is 10.4. The highest BCUT2D eigenvalue weighted by atomic mass is 16.5. The highest BCUT2D eigenvalue weighted by molar-refractivity contribution is 6.03. The molecule has 2 heterocycles. The summed E-state index contributed by atoms with van der Waals surface area (Å²) in [5.74, 6) is -2.52. The molecule has 0 spiro atoms. The smallest absolute Gasteiger partial charge is 0.407 e. The molecular formula is C43H42N4O6. The van der Waals surface area contributed by atoms with E-state index in [4.69, 9.17) is 4.74 Å². The number of fused-ring (bicyclic) bond motifs is 5. The van der Waals surface area contributed by atoms with Crippen LogP contribution in [0.15, 0.2) is 119 Å². The number of alkyl carbamates (subject to hydrolysis) is 1. The Labute approximate surface area is 307 Å². The molecule has 3 aromatic rings. The molecule has 3 N–H and O–H groups in total. The van der Waals surface area contributed by atoms with E-state index in [0.717, 1.165) is 49.7 Å². The van der Waals surface area contributed by atoms with Crippen LogP contribution < -0.4 is 21.2 Å². The number of carbonyl (C=O) groups is 4. The molecule has 0 fully saturated rings. The highest BCUT2D eigenvalue weighted by Gasteiger charge is 2.35. The van der Waals surface area contributed by atoms with Gasteiger partial charge in [-0.25, -0.2) is 4.79 Å². The molecule has 2 aliphatic heterocycles. The topological polar surface area (TPSA) is 147 Å². The number of rotatable bonds is 14. The minimum absolute atomic E-state index is 0.0743. The minimum atomic E-state index is -1.13. The number of nitrogens with one attached hydrogen (secondary N) is 2. The van der Waals surface area contributed by atoms with Crippen LogP contribution in [0, 0.1) is 11.8 Å². The number of aliphatic hydroxyl groups excluding tert-OH is 1. The number of aliphatic hydroxyl groups is 1. The second kappa shape index (κ2) is 15.5. The summed E-state index contributed by atoms with van der Waals surface area (Å²) in [6.45, 7) is 3.18. The van der Waals surface area contributed by atoms with Gasteiger partial charge in [0.2, 0.25) is 5.91 Å². The Morgan fingerprint density at radius 1 is 0.906 bits per heavy atom. The Morgan fingerprint density at radius 2 is 1.60 bits per heavy atom. The molecule has 270 valence electrons. The highest BCUT2D eigenvalue weighted by Crippen LogP contribution is 2.44. The summed E-state index contributed by atoms with van der Waals surface area (Å²) in [5.41, 5.74) is 6.93. The van der Waals surface area contributed by atoms with Gasteiger partial charge in [0, 0.05) is 35.6 Å². The van der Waals surface area contributed by atoms with E-state index in [9.17, 15) is 24.3 Å². The molecule has 10 heteroatoms. The Hall–Kier alpha value is -5.74. The number of nitrogens with zero attached hydrogens (tertiary/aromatic N) is 2. The zero-order valence-corrected chi connectivity index (χ0v) is 29.7. The van der Waals surface area contributed by atoms with Crippen molar-refractivity contribution < 1.29 is 29.0 Å². The summed E-state index contributed by atoms with van der Waals surface area (Å²) < 4.78 is 5.86. The number of hydrogen-bond acceptors (Lipinski definition) is 8. The lowest BCUT2D eigenvalue weighted by Crippen LogP contribution is -2.50. The number of allylic oxidation sites excluding steroid dienone is 4. The van der Waals surface area contributed by atoms with Crippen molar-refractivity contribution in [3.63, 3.8) is 0 Å². The third-order valence-electron chi connectivity index (χ3n) is 10.5. The fourth-order valence-electron chi connectivity index (χ4n) is 7.77. The minimum Gasteiger partial charge on any atom is -0.449 e. The monoisotopic (exact) mass is 710 g/mol. The molecule has 10 nitrogen and oxygen atoms in total. The summed E-state index contributed by atoms with van der Waals surface area (Å²) in [6.07, 6.45) is 7.72. The molecule has 0 bridgehead atoms. The van der Waals surface area contributed by atoms with Crippen LogP contribution in [0.4, 0.5) is 4.79 Å². The number of benzene rings is 3. The van der Waals surface area contributed by atoms with Gasteiger partial charge in [-0.05, 0) is 72.2 Å². The van der Waals surface area contributed by atoms with Gasteiger partial charge in [0.1, 0.15) is 12.6 Å². The molecule has 3 aromatic carbocycles. The van der Waals surface area contributed by atoms with Gasteiger partial charge in [0.15, 0.2) is 11.6 Å². The summed E-state index contributed by atoms with van der Waals surface area (Å²) >= 11 is 0. The molecule has 7 rings (SSSR count). The lowest BCUT2D eigenvalue weighted by molar-refractivity contribution is -0.133. The summed E-state index contributed by atoms with van der Waals surface area (Å²) in [5, 5.41) is 17.5. The molecule has 2 aliphatic carbocycles. The van der Waals surface area contributed by atoms with Crippen LogP contribution in [0.1, 0.15) is 50.2 Å². The van der Waals surface area contributed by atoms with Crippen LogP contribution >= 0.6 is 0 Å². The van der Waals surface area contributed by atoms with Gasteiger partial charge in [0.05, 0.1) is 29.8 Å². The standard InChI is InChI=1S/C43H42N4O6/c1-25(48)41(26(2)49)47-42(51)27(19-28-22-44-37-17-9-7-11-30(28)37)21-40(50)39(20-29-23-45-38-18-10-8-12-31(29)38)46-43(52)53-24-36-34-15-5-3-13-32(34)33-14-4-6-16-35(33)36/h3-18,23,25,27,31,36,39,41,48H,19-22,24H2,1-2H3,(H,46,52)(H,47,51). The number of Topliss-reactive ketones (excluding diaryl/α,β-unsaturated/α-hetero) is 2. The fraction of sp³-hybridized carbons (Fsp3) is 0.302. The van der Waals surface area contributed by atoms with E-state index < -0.39 is 41.9 Å². The van der Waals surface area contributed by atoms with Crippen LogP contribution in [0.2, 0.25) is 0 Å². The third kappa shape index (κ3) is 7.59. The zero-order valence-electron chi connectivity index (χ0n) is 29.7. The van der Waals surface area contributed by atoms with Crippen LogP contribution in [0.3, 0.4) is 0 Å². The first kappa shape index (κ1) is 35.7. The van der Waals surface area contributed by atoms with Crippen molar-refractivity contribution >= 4 is 34.9 Å². The van der Waals surface area contributed by atoms with Gasteiger partial charge in [-0.1, -0.05) is 85.0 Å². The normalized spacial score (nSPS) is 18.6. The summed E-state index contributed by atoms with van der Waals surface area (Å²) in [4.78, 5) is 63.4. The van der Waals surface area contributed by atoms with Crippen molar-refractivity contribution in [2.75, 3.05) is 13.2 Å². The predicted molar refractivity (Wildman–Crippen MR) is 201 cm³/mol. The lowest BCUT2D eigenvalue weighted by Gasteiger charge is -2.25. The van der Waals surface area contributed by atoms with Gasteiger partial charge in [-0.2, -0.15) is 0 Å². The molecule has 4 aliphatic rings. The number of amides is 2. The first-order chi connectivity index (χ1) is 25.7. The third-order valence-corrected chi connectivity index (χ3v) is 10.5. The number of ketones is 2. The molecule has 53 heavy (non-hydrogen) atoms. The second-order valence-electron chi connectivity index (χ2n) is 14.1. The van der Waals surface area contributed by atoms with Crippen molar-refractivity contribution in [2.45, 2.75) is 57.2 Å². The summed E-state index contributed by atoms with van der Waals surface area (Å²) in [6, 6.07) is 21.6. The van der Waals surface area contributed by atoms with E-state index in [1.54, 1.807) is 6.20 Å². The van der Waals surface area contributed by atoms with Crippen molar-refractivity contribution in [3.05, 3.63) is 131 Å². The van der Waals surface area contributed by atoms with Crippen LogP contribution in [-0.2, 0) is 19.1 Å². The second-order valence-corrected chi connectivity index (χ2v) is 14.1. The maximum absolute atomic E-state index is 14.4. The Morgan fingerprint density at radius 3 is 2.32 bits per heavy atom. The number of ether oxygens (including phenoxy) is 1. The summed E-state index contributed by atoms with van der Waals surface area (Å²) in [7, 11) is 0. The Bertz CT molecular complexity index is 2170. The van der Waals surface area contributed by atoms with E-state index >= 15 is 0 Å². The Balaban J connectivity index is 1.13. The van der Waals surface area contributed by atoms with E-state index in [-0.39, 0.29) is 43.5 Å². The maximum atomic E-state index is 14.4. The molecule has 0 aromatic heterocycles. The predicted octanol–water partition coefficient (Wildman–Crippen LogP) is 4.27. The van der Waals surface area contributed by atoms with Crippen molar-refractivity contribution in [1.82, 2.24) is 10.6 Å². The first-order valence-corrected chi connectivity index (χ1v) is 18.0. The molecule has 2 amide bonds. The van der Waals surface area contributed by atoms with Crippen molar-refractivity contribution in [2.24, 2.45) is 21.8 Å². The van der Waals surface area contributed by atoms with Gasteiger partial charge in [-0.3, -0.25) is 24.4 Å². The van der Waals surface area contributed by atoms with Crippen molar-refractivity contribution in [3.8, 4) is 11.1 Å². The SMILES string of the molecule is CC(=O)C(NC(=O)C(CC(=O)C(CC1=CN=C2C=CC=CC12)NC(=O)OCC1c2ccccc2-c2ccccc21)CC1=c2ccccc2=NC1)C(C)O. The first-order valence-electron chi connectivity index (χ1n) is 18.0. The van der Waals surface area contributed by atoms with Gasteiger partial charge >= 0.3 is 6.09 Å². The number of carbonyl (C=O) groups excluding carboxylic acids is 4. The van der Waals surface area contributed by atoms with Gasteiger partial charge in [-0.15, -0.1) is 0 Å². The average molecular weight is 711 g/mol. The molecule has 5 atom stereocenters. The number of aliphatic imine (C=N–C) groups is 1. The molecule has 0 saturated carbocycles. The maximum Gasteiger partial charge on any atom is 0.407 e. The van der Waals surface area contributed by atoms with E-state index in [1.165, 1.54) is 13.8 Å². The van der Waals surface area contributed by atoms with E-state index in [0.29, 0.717) is 6.54 Å². The number of hydrogen-bond donors (Lipinski definition) is 3. The zero-order chi connectivity index (χ0) is 37.1. The van der Waals surface area contributed by atoms with Crippen LogP contribution in [0.5, 0.6) is 0 Å². The van der Waals surface area contributed by atoms with Gasteiger partial charge < -0.3 is 20.5 Å². The lowest BCUT2D eigenvalue weighted by atomic mass is 9.85. The largest absolute Gasteiger partial charge is 0.449 e. The molecule has 5 unspecified atom stereocenters. The van der Waals surface area contributed by atoms with Crippen LogP contribution in [0.25, 0.3) is 16.7 Å². The quantitative estimate of drug-likeness (QED) is 0.228. The van der Waals surface area contributed by atoms with Gasteiger partial charge in [0.25, 0.3) is 0 Å². The van der Waals surface area contributed by atoms with E-state index in [1.807, 2.05) is 85.0 Å². The van der Waals surface area contributed by atoms with Crippen molar-refractivity contribution in [1.29, 1.82) is 0 Å². The molecular weight excluding hydrogens is 668 g/mol. The van der Waals surface area contributed by atoms with Crippen LogP contribution in [-0.4, -0.2) is 65.7 Å².